The third kappa shape index (κ3) is 4.34. The summed E-state index contributed by atoms with van der Waals surface area (Å²) in [5, 5.41) is 4.42. The third-order valence-electron chi connectivity index (χ3n) is 11.4. The molecule has 0 spiro atoms. The number of fused-ring (bicyclic) bond motifs is 9. The van der Waals surface area contributed by atoms with Gasteiger partial charge >= 0.3 is 0 Å². The predicted octanol–water partition coefficient (Wildman–Crippen LogP) is 14.0. The van der Waals surface area contributed by atoms with Crippen LogP contribution in [0.15, 0.2) is 191 Å². The van der Waals surface area contributed by atoms with Gasteiger partial charge in [0.1, 0.15) is 16.7 Å². The molecular formula is C50H33NO2. The number of furan rings is 2. The Morgan fingerprint density at radius 3 is 1.79 bits per heavy atom. The van der Waals surface area contributed by atoms with Crippen molar-refractivity contribution in [3.05, 3.63) is 199 Å². The van der Waals surface area contributed by atoms with Gasteiger partial charge < -0.3 is 13.7 Å². The van der Waals surface area contributed by atoms with Crippen molar-refractivity contribution in [2.75, 3.05) is 4.90 Å². The Hall–Kier alpha value is -6.84. The summed E-state index contributed by atoms with van der Waals surface area (Å²) in [6.45, 7) is 2.37. The highest BCUT2D eigenvalue weighted by molar-refractivity contribution is 6.12. The van der Waals surface area contributed by atoms with E-state index in [2.05, 4.69) is 182 Å². The molecule has 0 fully saturated rings. The maximum absolute atomic E-state index is 6.66. The van der Waals surface area contributed by atoms with Crippen LogP contribution in [0.25, 0.3) is 66.1 Å². The maximum Gasteiger partial charge on any atom is 0.159 e. The Labute approximate surface area is 307 Å². The summed E-state index contributed by atoms with van der Waals surface area (Å²) in [5.74, 6) is 0. The summed E-state index contributed by atoms with van der Waals surface area (Å²) in [7, 11) is 0. The molecule has 10 aromatic rings. The van der Waals surface area contributed by atoms with Gasteiger partial charge in [0.25, 0.3) is 0 Å². The second-order valence-electron chi connectivity index (χ2n) is 14.2. The van der Waals surface area contributed by atoms with E-state index in [4.69, 9.17) is 8.83 Å². The molecule has 3 heteroatoms. The lowest BCUT2D eigenvalue weighted by Gasteiger charge is -2.29. The zero-order valence-corrected chi connectivity index (χ0v) is 29.1. The molecule has 0 saturated heterocycles. The van der Waals surface area contributed by atoms with Crippen molar-refractivity contribution in [1.29, 1.82) is 0 Å². The third-order valence-corrected chi connectivity index (χ3v) is 11.4. The summed E-state index contributed by atoms with van der Waals surface area (Å²) >= 11 is 0. The minimum atomic E-state index is -0.369. The molecule has 0 bridgehead atoms. The zero-order valence-electron chi connectivity index (χ0n) is 29.1. The number of anilines is 3. The molecule has 1 aliphatic rings. The molecule has 0 N–H and O–H groups in total. The summed E-state index contributed by atoms with van der Waals surface area (Å²) in [6.07, 6.45) is 0. The molecule has 2 aromatic heterocycles. The van der Waals surface area contributed by atoms with E-state index in [1.807, 2.05) is 12.1 Å². The van der Waals surface area contributed by atoms with Crippen LogP contribution in [0.2, 0.25) is 0 Å². The topological polar surface area (TPSA) is 29.5 Å². The Morgan fingerprint density at radius 1 is 0.415 bits per heavy atom. The van der Waals surface area contributed by atoms with Gasteiger partial charge in [0.05, 0.1) is 5.69 Å². The van der Waals surface area contributed by atoms with Crippen LogP contribution in [-0.2, 0) is 5.41 Å². The van der Waals surface area contributed by atoms with E-state index in [1.54, 1.807) is 0 Å². The molecule has 53 heavy (non-hydrogen) atoms. The van der Waals surface area contributed by atoms with Gasteiger partial charge in [-0.05, 0) is 94.4 Å². The van der Waals surface area contributed by atoms with Crippen molar-refractivity contribution in [2.24, 2.45) is 0 Å². The molecule has 0 amide bonds. The van der Waals surface area contributed by atoms with E-state index in [1.165, 1.54) is 38.9 Å². The molecule has 8 aromatic carbocycles. The Bertz CT molecular complexity index is 2980. The number of para-hydroxylation sites is 2. The average Bonchev–Trinajstić information content (AvgIpc) is 3.88. The Kier molecular flexibility index (Phi) is 6.38. The van der Waals surface area contributed by atoms with Gasteiger partial charge in [0.2, 0.25) is 0 Å². The van der Waals surface area contributed by atoms with Gasteiger partial charge in [-0.25, -0.2) is 0 Å². The van der Waals surface area contributed by atoms with Crippen molar-refractivity contribution < 1.29 is 8.83 Å². The molecule has 0 atom stereocenters. The van der Waals surface area contributed by atoms with Gasteiger partial charge in [0, 0.05) is 38.3 Å². The number of hydrogen-bond donors (Lipinski definition) is 0. The van der Waals surface area contributed by atoms with E-state index in [0.717, 1.165) is 60.9 Å². The van der Waals surface area contributed by atoms with Crippen LogP contribution in [0.1, 0.15) is 23.6 Å². The van der Waals surface area contributed by atoms with Crippen LogP contribution >= 0.6 is 0 Å². The molecule has 11 rings (SSSR count). The largest absolute Gasteiger partial charge is 0.456 e. The van der Waals surface area contributed by atoms with Gasteiger partial charge in [0.15, 0.2) is 5.58 Å². The molecule has 3 nitrogen and oxygen atoms in total. The lowest BCUT2D eigenvalue weighted by Crippen LogP contribution is -2.22. The fraction of sp³-hybridized carbons (Fsp3) is 0.0400. The van der Waals surface area contributed by atoms with Crippen LogP contribution in [0.5, 0.6) is 0 Å². The van der Waals surface area contributed by atoms with Crippen LogP contribution in [0.3, 0.4) is 0 Å². The van der Waals surface area contributed by atoms with Gasteiger partial charge in [-0.15, -0.1) is 0 Å². The van der Waals surface area contributed by atoms with E-state index in [0.29, 0.717) is 0 Å². The normalized spacial score (nSPS) is 13.2. The molecule has 0 aliphatic heterocycles. The van der Waals surface area contributed by atoms with Crippen LogP contribution in [-0.4, -0.2) is 0 Å². The molecule has 250 valence electrons. The summed E-state index contributed by atoms with van der Waals surface area (Å²) in [5.41, 5.74) is 14.9. The quantitative estimate of drug-likeness (QED) is 0.181. The monoisotopic (exact) mass is 679 g/mol. The Balaban J connectivity index is 1.16. The first-order valence-electron chi connectivity index (χ1n) is 18.2. The van der Waals surface area contributed by atoms with E-state index < -0.39 is 0 Å². The zero-order chi connectivity index (χ0) is 35.1. The standard InChI is InChI=1S/C50H33NO2/c1-50(41-19-8-5-15-36(41)37-16-6-9-20-42(37)50)43-21-12-24-47-48(43)40-31-35(29-30-46(40)52-47)51(34-27-25-33(26-28-34)32-13-3-2-4-14-32)44-22-11-18-39-38-17-7-10-23-45(38)53-49(39)44/h2-31H,1H3. The second-order valence-corrected chi connectivity index (χ2v) is 14.2. The predicted molar refractivity (Wildman–Crippen MR) is 219 cm³/mol. The van der Waals surface area contributed by atoms with Crippen LogP contribution < -0.4 is 4.90 Å². The highest BCUT2D eigenvalue weighted by atomic mass is 16.3. The van der Waals surface area contributed by atoms with Crippen molar-refractivity contribution in [1.82, 2.24) is 0 Å². The first kappa shape index (κ1) is 29.8. The average molecular weight is 680 g/mol. The number of nitrogens with zero attached hydrogens (tertiary/aromatic N) is 1. The number of rotatable bonds is 5. The fourth-order valence-electron chi connectivity index (χ4n) is 8.88. The molecule has 0 radical (unpaired) electrons. The summed E-state index contributed by atoms with van der Waals surface area (Å²) < 4.78 is 13.3. The summed E-state index contributed by atoms with van der Waals surface area (Å²) in [6, 6.07) is 64.9. The van der Waals surface area contributed by atoms with E-state index in [-0.39, 0.29) is 5.41 Å². The first-order valence-corrected chi connectivity index (χ1v) is 18.2. The SMILES string of the molecule is CC1(c2cccc3oc4ccc(N(c5ccc(-c6ccccc6)cc5)c5cccc6c5oc5ccccc56)cc4c23)c2ccccc2-c2ccccc21. The Morgan fingerprint density at radius 2 is 1.00 bits per heavy atom. The first-order chi connectivity index (χ1) is 26.2. The van der Waals surface area contributed by atoms with E-state index >= 15 is 0 Å². The van der Waals surface area contributed by atoms with Crippen molar-refractivity contribution in [3.8, 4) is 22.3 Å². The van der Waals surface area contributed by atoms with Gasteiger partial charge in [-0.1, -0.05) is 133 Å². The highest BCUT2D eigenvalue weighted by Crippen LogP contribution is 2.54. The van der Waals surface area contributed by atoms with Crippen LogP contribution in [0.4, 0.5) is 17.1 Å². The fourth-order valence-corrected chi connectivity index (χ4v) is 8.88. The summed E-state index contributed by atoms with van der Waals surface area (Å²) in [4.78, 5) is 2.32. The lowest BCUT2D eigenvalue weighted by atomic mass is 9.73. The van der Waals surface area contributed by atoms with Gasteiger partial charge in [-0.2, -0.15) is 0 Å². The molecule has 0 saturated carbocycles. The number of hydrogen-bond acceptors (Lipinski definition) is 3. The number of benzene rings is 8. The smallest absolute Gasteiger partial charge is 0.159 e. The van der Waals surface area contributed by atoms with Gasteiger partial charge in [-0.3, -0.25) is 0 Å². The van der Waals surface area contributed by atoms with Crippen molar-refractivity contribution >= 4 is 60.9 Å². The van der Waals surface area contributed by atoms with Crippen LogP contribution in [0, 0.1) is 0 Å². The van der Waals surface area contributed by atoms with E-state index in [9.17, 15) is 0 Å². The van der Waals surface area contributed by atoms with Crippen molar-refractivity contribution in [3.63, 3.8) is 0 Å². The molecule has 2 heterocycles. The van der Waals surface area contributed by atoms with Crippen molar-refractivity contribution in [2.45, 2.75) is 12.3 Å². The molecule has 1 aliphatic carbocycles. The molecule has 0 unspecified atom stereocenters. The minimum absolute atomic E-state index is 0.369. The minimum Gasteiger partial charge on any atom is -0.456 e. The highest BCUT2D eigenvalue weighted by Gasteiger charge is 2.42. The maximum atomic E-state index is 6.66. The lowest BCUT2D eigenvalue weighted by molar-refractivity contribution is 0.666. The second kappa shape index (κ2) is 11.3. The molecular weight excluding hydrogens is 647 g/mol.